The van der Waals surface area contributed by atoms with Crippen LogP contribution < -0.4 is 5.32 Å². The summed E-state index contributed by atoms with van der Waals surface area (Å²) in [6, 6.07) is 23.1. The number of rotatable bonds is 3. The number of fused-ring (bicyclic) bond motifs is 2. The summed E-state index contributed by atoms with van der Waals surface area (Å²) in [6.45, 7) is 1.67. The second kappa shape index (κ2) is 6.15. The van der Waals surface area contributed by atoms with E-state index in [1.165, 1.54) is 10.8 Å². The highest BCUT2D eigenvalue weighted by molar-refractivity contribution is 6.23. The van der Waals surface area contributed by atoms with Gasteiger partial charge in [0.05, 0.1) is 23.3 Å². The molecule has 4 aromatic rings. The van der Waals surface area contributed by atoms with Gasteiger partial charge < -0.3 is 5.32 Å². The molecule has 0 amide bonds. The average Bonchev–Trinajstić information content (AvgIpc) is 3.36. The molecule has 3 aromatic carbocycles. The molecule has 4 heteroatoms. The number of aromatic nitrogens is 2. The quantitative estimate of drug-likeness (QED) is 0.609. The molecule has 0 bridgehead atoms. The zero-order chi connectivity index (χ0) is 17.3. The summed E-state index contributed by atoms with van der Waals surface area (Å²) in [7, 11) is 0. The van der Waals surface area contributed by atoms with Crippen molar-refractivity contribution in [3.8, 4) is 0 Å². The molecule has 1 aliphatic heterocycles. The molecular formula is C22H18N4. The first-order chi connectivity index (χ1) is 12.9. The second-order valence-corrected chi connectivity index (χ2v) is 6.40. The van der Waals surface area contributed by atoms with E-state index in [2.05, 4.69) is 74.5 Å². The Kier molecular flexibility index (Phi) is 3.53. The van der Waals surface area contributed by atoms with Gasteiger partial charge in [-0.05, 0) is 40.6 Å². The van der Waals surface area contributed by atoms with Crippen molar-refractivity contribution in [1.29, 1.82) is 0 Å². The summed E-state index contributed by atoms with van der Waals surface area (Å²) >= 11 is 0. The molecule has 0 spiro atoms. The van der Waals surface area contributed by atoms with Crippen LogP contribution in [0.4, 0.5) is 0 Å². The lowest BCUT2D eigenvalue weighted by Crippen LogP contribution is -2.22. The lowest BCUT2D eigenvalue weighted by Gasteiger charge is -2.11. The summed E-state index contributed by atoms with van der Waals surface area (Å²) in [4.78, 5) is 9.19. The molecule has 1 aromatic heterocycles. The van der Waals surface area contributed by atoms with Gasteiger partial charge in [-0.25, -0.2) is 4.98 Å². The van der Waals surface area contributed by atoms with Gasteiger partial charge in [0.25, 0.3) is 0 Å². The van der Waals surface area contributed by atoms with Crippen molar-refractivity contribution < 1.29 is 0 Å². The Morgan fingerprint density at radius 1 is 0.962 bits per heavy atom. The van der Waals surface area contributed by atoms with Crippen LogP contribution in [0.15, 0.2) is 78.0 Å². The molecule has 126 valence electrons. The van der Waals surface area contributed by atoms with E-state index in [1.807, 2.05) is 24.5 Å². The molecule has 0 unspecified atom stereocenters. The van der Waals surface area contributed by atoms with Crippen molar-refractivity contribution >= 4 is 39.4 Å². The van der Waals surface area contributed by atoms with Crippen LogP contribution in [0.5, 0.6) is 0 Å². The Morgan fingerprint density at radius 3 is 2.69 bits per heavy atom. The standard InChI is InChI=1S/C22H18N4/c1-2-6-18-13-16(9-10-17(18)5-1)14-21(22-23-11-12-24-22)26-15-25-19-7-3-4-8-20(19)26/h1-10,13-15H,11-12H2,(H,23,24)/b21-14-. The van der Waals surface area contributed by atoms with Gasteiger partial charge in [-0.3, -0.25) is 9.56 Å². The molecule has 2 heterocycles. The van der Waals surface area contributed by atoms with Gasteiger partial charge in [0.1, 0.15) is 12.2 Å². The Balaban J connectivity index is 1.69. The first kappa shape index (κ1) is 14.9. The van der Waals surface area contributed by atoms with Crippen LogP contribution in [0.3, 0.4) is 0 Å². The largest absolute Gasteiger partial charge is 0.367 e. The Bertz CT molecular complexity index is 1170. The van der Waals surface area contributed by atoms with Crippen LogP contribution in [0.25, 0.3) is 33.6 Å². The van der Waals surface area contributed by atoms with E-state index < -0.39 is 0 Å². The molecule has 0 saturated carbocycles. The lowest BCUT2D eigenvalue weighted by atomic mass is 10.1. The maximum absolute atomic E-state index is 4.65. The average molecular weight is 338 g/mol. The molecule has 0 aliphatic carbocycles. The molecule has 5 rings (SSSR count). The number of amidine groups is 1. The number of benzene rings is 3. The van der Waals surface area contributed by atoms with Gasteiger partial charge in [-0.1, -0.05) is 48.5 Å². The molecule has 4 nitrogen and oxygen atoms in total. The zero-order valence-electron chi connectivity index (χ0n) is 14.3. The number of nitrogens with zero attached hydrogens (tertiary/aromatic N) is 3. The van der Waals surface area contributed by atoms with Crippen LogP contribution in [0.2, 0.25) is 0 Å². The van der Waals surface area contributed by atoms with E-state index in [4.69, 9.17) is 0 Å². The Morgan fingerprint density at radius 2 is 1.81 bits per heavy atom. The third kappa shape index (κ3) is 2.56. The highest BCUT2D eigenvalue weighted by atomic mass is 15.1. The summed E-state index contributed by atoms with van der Waals surface area (Å²) < 4.78 is 2.11. The monoisotopic (exact) mass is 338 g/mol. The van der Waals surface area contributed by atoms with Gasteiger partial charge in [-0.15, -0.1) is 0 Å². The van der Waals surface area contributed by atoms with E-state index in [0.717, 1.165) is 41.2 Å². The van der Waals surface area contributed by atoms with Gasteiger partial charge >= 0.3 is 0 Å². The molecular weight excluding hydrogens is 320 g/mol. The van der Waals surface area contributed by atoms with E-state index in [-0.39, 0.29) is 0 Å². The van der Waals surface area contributed by atoms with Crippen LogP contribution >= 0.6 is 0 Å². The first-order valence-electron chi connectivity index (χ1n) is 8.80. The third-order valence-electron chi connectivity index (χ3n) is 4.71. The fraction of sp³-hybridized carbons (Fsp3) is 0.0909. The Hall–Kier alpha value is -3.40. The molecule has 26 heavy (non-hydrogen) atoms. The lowest BCUT2D eigenvalue weighted by molar-refractivity contribution is 0.959. The topological polar surface area (TPSA) is 42.2 Å². The van der Waals surface area contributed by atoms with Crippen molar-refractivity contribution in [3.05, 3.63) is 78.6 Å². The van der Waals surface area contributed by atoms with E-state index in [0.29, 0.717) is 0 Å². The summed E-state index contributed by atoms with van der Waals surface area (Å²) in [5.41, 5.74) is 4.23. The van der Waals surface area contributed by atoms with E-state index in [1.54, 1.807) is 0 Å². The highest BCUT2D eigenvalue weighted by Crippen LogP contribution is 2.23. The summed E-state index contributed by atoms with van der Waals surface area (Å²) in [5, 5.41) is 5.88. The van der Waals surface area contributed by atoms with Crippen LogP contribution in [-0.4, -0.2) is 28.5 Å². The molecule has 0 saturated heterocycles. The van der Waals surface area contributed by atoms with E-state index in [9.17, 15) is 0 Å². The smallest absolute Gasteiger partial charge is 0.145 e. The zero-order valence-corrected chi connectivity index (χ0v) is 14.3. The fourth-order valence-electron chi connectivity index (χ4n) is 3.43. The maximum atomic E-state index is 4.65. The van der Waals surface area contributed by atoms with Crippen LogP contribution in [0, 0.1) is 0 Å². The van der Waals surface area contributed by atoms with Gasteiger partial charge in [0.2, 0.25) is 0 Å². The van der Waals surface area contributed by atoms with Crippen molar-refractivity contribution in [2.24, 2.45) is 4.99 Å². The number of hydrogen-bond donors (Lipinski definition) is 1. The van der Waals surface area contributed by atoms with Crippen molar-refractivity contribution in [3.63, 3.8) is 0 Å². The van der Waals surface area contributed by atoms with Crippen LogP contribution in [0.1, 0.15) is 5.56 Å². The molecule has 0 atom stereocenters. The van der Waals surface area contributed by atoms with Crippen molar-refractivity contribution in [2.45, 2.75) is 0 Å². The predicted octanol–water partition coefficient (Wildman–Crippen LogP) is 4.19. The van der Waals surface area contributed by atoms with E-state index >= 15 is 0 Å². The number of aliphatic imine (C=N–C) groups is 1. The minimum absolute atomic E-state index is 0.803. The van der Waals surface area contributed by atoms with Gasteiger partial charge in [0.15, 0.2) is 0 Å². The fourth-order valence-corrected chi connectivity index (χ4v) is 3.43. The minimum atomic E-state index is 0.803. The SMILES string of the molecule is C(=C(\C1=NCCN1)n1cnc2ccccc21)/c1ccc2ccccc2c1. The maximum Gasteiger partial charge on any atom is 0.145 e. The summed E-state index contributed by atoms with van der Waals surface area (Å²) in [5.74, 6) is 0.918. The first-order valence-corrected chi connectivity index (χ1v) is 8.80. The third-order valence-corrected chi connectivity index (χ3v) is 4.71. The number of nitrogens with one attached hydrogen (secondary N) is 1. The number of para-hydroxylation sites is 2. The summed E-state index contributed by atoms with van der Waals surface area (Å²) in [6.07, 6.45) is 4.05. The number of hydrogen-bond acceptors (Lipinski definition) is 3. The number of imidazole rings is 1. The molecule has 1 N–H and O–H groups in total. The van der Waals surface area contributed by atoms with Crippen molar-refractivity contribution in [2.75, 3.05) is 13.1 Å². The molecule has 0 radical (unpaired) electrons. The second-order valence-electron chi connectivity index (χ2n) is 6.40. The van der Waals surface area contributed by atoms with Crippen molar-refractivity contribution in [1.82, 2.24) is 14.9 Å². The van der Waals surface area contributed by atoms with Crippen LogP contribution in [-0.2, 0) is 0 Å². The van der Waals surface area contributed by atoms with Gasteiger partial charge in [-0.2, -0.15) is 0 Å². The molecule has 0 fully saturated rings. The normalized spacial score (nSPS) is 14.6. The van der Waals surface area contributed by atoms with Gasteiger partial charge in [0, 0.05) is 6.54 Å². The minimum Gasteiger partial charge on any atom is -0.367 e. The highest BCUT2D eigenvalue weighted by Gasteiger charge is 2.15. The Labute approximate surface area is 151 Å². The predicted molar refractivity (Wildman–Crippen MR) is 108 cm³/mol. The molecule has 1 aliphatic rings.